The van der Waals surface area contributed by atoms with Gasteiger partial charge < -0.3 is 15.5 Å². The number of nitrogens with zero attached hydrogens (tertiary/aromatic N) is 1. The van der Waals surface area contributed by atoms with E-state index in [1.165, 1.54) is 18.9 Å². The molecule has 0 heterocycles. The fourth-order valence-electron chi connectivity index (χ4n) is 3.80. The van der Waals surface area contributed by atoms with E-state index in [4.69, 9.17) is 23.2 Å². The van der Waals surface area contributed by atoms with Gasteiger partial charge in [0.25, 0.3) is 5.91 Å². The van der Waals surface area contributed by atoms with E-state index in [9.17, 15) is 9.59 Å². The Balaban J connectivity index is 2.07. The molecule has 0 spiro atoms. The van der Waals surface area contributed by atoms with E-state index >= 15 is 0 Å². The molecule has 1 aromatic carbocycles. The highest BCUT2D eigenvalue weighted by atomic mass is 35.5. The van der Waals surface area contributed by atoms with Gasteiger partial charge in [-0.3, -0.25) is 9.59 Å². The van der Waals surface area contributed by atoms with Crippen molar-refractivity contribution in [3.8, 4) is 0 Å². The molecule has 1 unspecified atom stereocenters. The van der Waals surface area contributed by atoms with Crippen LogP contribution in [0.1, 0.15) is 56.3 Å². The van der Waals surface area contributed by atoms with Gasteiger partial charge in [0.05, 0.1) is 10.6 Å². The monoisotopic (exact) mass is 427 g/mol. The van der Waals surface area contributed by atoms with Gasteiger partial charge in [-0.15, -0.1) is 0 Å². The van der Waals surface area contributed by atoms with Gasteiger partial charge in [0.2, 0.25) is 5.91 Å². The summed E-state index contributed by atoms with van der Waals surface area (Å²) < 4.78 is 0. The van der Waals surface area contributed by atoms with Gasteiger partial charge >= 0.3 is 0 Å². The summed E-state index contributed by atoms with van der Waals surface area (Å²) in [6.45, 7) is 4.64. The lowest BCUT2D eigenvalue weighted by Crippen LogP contribution is -2.55. The van der Waals surface area contributed by atoms with E-state index in [0.29, 0.717) is 23.6 Å². The summed E-state index contributed by atoms with van der Waals surface area (Å²) in [7, 11) is 4.13. The number of hydrogen-bond acceptors (Lipinski definition) is 3. The molecule has 5 nitrogen and oxygen atoms in total. The summed E-state index contributed by atoms with van der Waals surface area (Å²) in [6, 6.07) is 4.10. The number of nitrogens with one attached hydrogen (secondary N) is 2. The average molecular weight is 428 g/mol. The predicted molar refractivity (Wildman–Crippen MR) is 115 cm³/mol. The zero-order valence-electron chi connectivity index (χ0n) is 17.1. The van der Waals surface area contributed by atoms with Gasteiger partial charge in [0.1, 0.15) is 6.04 Å². The fourth-order valence-corrected chi connectivity index (χ4v) is 4.30. The first-order valence-corrected chi connectivity index (χ1v) is 10.6. The van der Waals surface area contributed by atoms with E-state index < -0.39 is 6.04 Å². The van der Waals surface area contributed by atoms with E-state index in [2.05, 4.69) is 29.6 Å². The fraction of sp³-hybridized carbons (Fsp3) is 0.619. The Morgan fingerprint density at radius 3 is 2.36 bits per heavy atom. The Bertz CT molecular complexity index is 701. The number of carbonyl (C=O) groups excluding carboxylic acids is 2. The largest absolute Gasteiger partial charge is 0.352 e. The maximum atomic E-state index is 12.9. The van der Waals surface area contributed by atoms with Crippen LogP contribution in [0.25, 0.3) is 0 Å². The number of amides is 2. The van der Waals surface area contributed by atoms with Gasteiger partial charge in [-0.05, 0) is 57.5 Å². The number of likely N-dealkylation sites (N-methyl/N-ethyl adjacent to an activating group) is 1. The van der Waals surface area contributed by atoms with Crippen LogP contribution in [0.4, 0.5) is 0 Å². The molecule has 1 aliphatic carbocycles. The van der Waals surface area contributed by atoms with Gasteiger partial charge in [-0.25, -0.2) is 0 Å². The van der Waals surface area contributed by atoms with Crippen LogP contribution < -0.4 is 10.6 Å². The summed E-state index contributed by atoms with van der Waals surface area (Å²) in [5.41, 5.74) is 0.315. The molecule has 0 radical (unpaired) electrons. The topological polar surface area (TPSA) is 61.4 Å². The van der Waals surface area contributed by atoms with E-state index in [0.717, 1.165) is 12.8 Å². The van der Waals surface area contributed by atoms with Crippen LogP contribution in [0.5, 0.6) is 0 Å². The predicted octanol–water partition coefficient (Wildman–Crippen LogP) is 4.13. The molecule has 1 aliphatic rings. The molecule has 1 atom stereocenters. The van der Waals surface area contributed by atoms with E-state index in [1.54, 1.807) is 12.1 Å². The lowest BCUT2D eigenvalue weighted by atomic mass is 9.95. The molecule has 1 aromatic rings. The Kier molecular flexibility index (Phi) is 8.17. The molecule has 2 N–H and O–H groups in total. The normalized spacial score (nSPS) is 17.0. The number of benzene rings is 1. The molecule has 0 aliphatic heterocycles. The van der Waals surface area contributed by atoms with Gasteiger partial charge in [0, 0.05) is 17.1 Å². The lowest BCUT2D eigenvalue weighted by Gasteiger charge is -2.37. The molecule has 1 fully saturated rings. The summed E-state index contributed by atoms with van der Waals surface area (Å²) in [4.78, 5) is 27.8. The van der Waals surface area contributed by atoms with Crippen LogP contribution in [0.3, 0.4) is 0 Å². The minimum atomic E-state index is -0.611. The third kappa shape index (κ3) is 5.85. The SMILES string of the molecule is CC(C)CC(NC(=O)c1ccc(Cl)cc1Cl)C(=O)NCC1(N(C)C)CCCC1. The Morgan fingerprint density at radius 1 is 1.18 bits per heavy atom. The van der Waals surface area contributed by atoms with Crippen LogP contribution >= 0.6 is 23.2 Å². The molecule has 28 heavy (non-hydrogen) atoms. The summed E-state index contributed by atoms with van der Waals surface area (Å²) in [5, 5.41) is 6.66. The standard InChI is InChI=1S/C21H31Cl2N3O2/c1-14(2)11-18(25-19(27)16-8-7-15(22)12-17(16)23)20(28)24-13-21(26(3)4)9-5-6-10-21/h7-8,12,14,18H,5-6,9-11,13H2,1-4H3,(H,24,28)(H,25,27). The lowest BCUT2D eigenvalue weighted by molar-refractivity contribution is -0.124. The van der Waals surface area contributed by atoms with Crippen molar-refractivity contribution in [3.63, 3.8) is 0 Å². The smallest absolute Gasteiger partial charge is 0.253 e. The first-order chi connectivity index (χ1) is 13.1. The summed E-state index contributed by atoms with van der Waals surface area (Å²) >= 11 is 12.0. The van der Waals surface area contributed by atoms with Crippen molar-refractivity contribution in [1.29, 1.82) is 0 Å². The molecule has 0 saturated heterocycles. The van der Waals surface area contributed by atoms with Gasteiger partial charge in [-0.2, -0.15) is 0 Å². The van der Waals surface area contributed by atoms with Crippen LogP contribution in [0.15, 0.2) is 18.2 Å². The van der Waals surface area contributed by atoms with Crippen LogP contribution in [-0.4, -0.2) is 48.9 Å². The molecule has 0 bridgehead atoms. The second-order valence-electron chi connectivity index (χ2n) is 8.32. The summed E-state index contributed by atoms with van der Waals surface area (Å²) in [6.07, 6.45) is 5.05. The highest BCUT2D eigenvalue weighted by Gasteiger charge is 2.37. The third-order valence-corrected chi connectivity index (χ3v) is 6.13. The van der Waals surface area contributed by atoms with Crippen molar-refractivity contribution in [3.05, 3.63) is 33.8 Å². The van der Waals surface area contributed by atoms with Gasteiger partial charge in [-0.1, -0.05) is 49.9 Å². The molecular weight excluding hydrogens is 397 g/mol. The second-order valence-corrected chi connectivity index (χ2v) is 9.17. The van der Waals surface area contributed by atoms with Crippen LogP contribution in [0.2, 0.25) is 10.0 Å². The molecule has 156 valence electrons. The molecule has 2 rings (SSSR count). The molecule has 2 amide bonds. The number of carbonyl (C=O) groups is 2. The van der Waals surface area contributed by atoms with Crippen molar-refractivity contribution in [1.82, 2.24) is 15.5 Å². The highest BCUT2D eigenvalue weighted by molar-refractivity contribution is 6.36. The third-order valence-electron chi connectivity index (χ3n) is 5.58. The van der Waals surface area contributed by atoms with Crippen LogP contribution in [-0.2, 0) is 4.79 Å². The Morgan fingerprint density at radius 2 is 1.82 bits per heavy atom. The number of hydrogen-bond donors (Lipinski definition) is 2. The van der Waals surface area contributed by atoms with Crippen LogP contribution in [0, 0.1) is 5.92 Å². The minimum absolute atomic E-state index is 0.00152. The number of halogens is 2. The van der Waals surface area contributed by atoms with Gasteiger partial charge in [0.15, 0.2) is 0 Å². The molecular formula is C21H31Cl2N3O2. The quantitative estimate of drug-likeness (QED) is 0.655. The molecule has 1 saturated carbocycles. The summed E-state index contributed by atoms with van der Waals surface area (Å²) in [5.74, 6) is -0.267. The second kappa shape index (κ2) is 9.95. The first kappa shape index (κ1) is 23.0. The zero-order chi connectivity index (χ0) is 20.9. The number of rotatable bonds is 8. The average Bonchev–Trinajstić information content (AvgIpc) is 3.09. The van der Waals surface area contributed by atoms with Crippen molar-refractivity contribution in [2.24, 2.45) is 5.92 Å². The Hall–Kier alpha value is -1.30. The maximum Gasteiger partial charge on any atom is 0.253 e. The molecule has 7 heteroatoms. The Labute approximate surface area is 178 Å². The van der Waals surface area contributed by atoms with Crippen molar-refractivity contribution >= 4 is 35.0 Å². The van der Waals surface area contributed by atoms with Crippen molar-refractivity contribution in [2.75, 3.05) is 20.6 Å². The van der Waals surface area contributed by atoms with E-state index in [1.807, 2.05) is 13.8 Å². The highest BCUT2D eigenvalue weighted by Crippen LogP contribution is 2.33. The zero-order valence-corrected chi connectivity index (χ0v) is 18.7. The van der Waals surface area contributed by atoms with Crippen molar-refractivity contribution in [2.45, 2.75) is 57.5 Å². The van der Waals surface area contributed by atoms with Crippen molar-refractivity contribution < 1.29 is 9.59 Å². The minimum Gasteiger partial charge on any atom is -0.352 e. The molecule has 0 aromatic heterocycles. The first-order valence-electron chi connectivity index (χ1n) is 9.86. The maximum absolute atomic E-state index is 12.9. The van der Waals surface area contributed by atoms with E-state index in [-0.39, 0.29) is 28.3 Å².